The molecule has 1 saturated carbocycles. The van der Waals surface area contributed by atoms with Crippen LogP contribution < -0.4 is 20.5 Å². The number of ether oxygens (including phenoxy) is 2. The molecular weight excluding hydrogens is 328 g/mol. The summed E-state index contributed by atoms with van der Waals surface area (Å²) in [6, 6.07) is 6.16. The molecule has 0 heterocycles. The zero-order chi connectivity index (χ0) is 16.7. The van der Waals surface area contributed by atoms with Crippen LogP contribution in [0.1, 0.15) is 31.2 Å². The molecule has 0 radical (unpaired) electrons. The maximum Gasteiger partial charge on any atom is 0.258 e. The number of halogens is 1. The zero-order valence-electron chi connectivity index (χ0n) is 14.1. The Hall–Kier alpha value is -1.72. The summed E-state index contributed by atoms with van der Waals surface area (Å²) < 4.78 is 10.9. The highest BCUT2D eigenvalue weighted by molar-refractivity contribution is 5.85. The number of methoxy groups -OCH3 is 1. The number of rotatable bonds is 7. The summed E-state index contributed by atoms with van der Waals surface area (Å²) in [7, 11) is 1.59. The summed E-state index contributed by atoms with van der Waals surface area (Å²) in [6.07, 6.45) is 6.40. The van der Waals surface area contributed by atoms with E-state index in [1.807, 2.05) is 24.3 Å². The van der Waals surface area contributed by atoms with E-state index >= 15 is 0 Å². The quantitative estimate of drug-likeness (QED) is 0.738. The fraction of sp³-hybridized carbons (Fsp3) is 0.500. The van der Waals surface area contributed by atoms with Crippen molar-refractivity contribution in [3.63, 3.8) is 0 Å². The predicted octanol–water partition coefficient (Wildman–Crippen LogP) is 2.61. The molecule has 24 heavy (non-hydrogen) atoms. The SMILES string of the molecule is C=CCc1ccc(OCC(=O)NC2CCC(N)CC2)c(OC)c1.Cl. The number of carbonyl (C=O) groups is 1. The Balaban J connectivity index is 0.00000288. The molecule has 1 aromatic carbocycles. The third kappa shape index (κ3) is 6.06. The fourth-order valence-electron chi connectivity index (χ4n) is 2.80. The first-order valence-corrected chi connectivity index (χ1v) is 8.08. The Kier molecular flexibility index (Phi) is 8.65. The van der Waals surface area contributed by atoms with Crippen LogP contribution in [-0.2, 0) is 11.2 Å². The molecule has 1 fully saturated rings. The number of carbonyl (C=O) groups excluding carboxylic acids is 1. The first kappa shape index (κ1) is 20.3. The highest BCUT2D eigenvalue weighted by Gasteiger charge is 2.20. The van der Waals surface area contributed by atoms with Gasteiger partial charge in [0.15, 0.2) is 18.1 Å². The Morgan fingerprint density at radius 3 is 2.67 bits per heavy atom. The van der Waals surface area contributed by atoms with Gasteiger partial charge in [-0.05, 0) is 49.8 Å². The Labute approximate surface area is 150 Å². The first-order valence-electron chi connectivity index (χ1n) is 8.08. The van der Waals surface area contributed by atoms with Gasteiger partial charge in [-0.1, -0.05) is 12.1 Å². The minimum atomic E-state index is -0.109. The van der Waals surface area contributed by atoms with Crippen LogP contribution in [0.3, 0.4) is 0 Å². The Morgan fingerprint density at radius 2 is 2.04 bits per heavy atom. The second-order valence-electron chi connectivity index (χ2n) is 5.95. The largest absolute Gasteiger partial charge is 0.493 e. The number of hydrogen-bond acceptors (Lipinski definition) is 4. The average molecular weight is 355 g/mol. The second kappa shape index (κ2) is 10.2. The van der Waals surface area contributed by atoms with Gasteiger partial charge < -0.3 is 20.5 Å². The Bertz CT molecular complexity index is 543. The third-order valence-corrected chi connectivity index (χ3v) is 4.10. The monoisotopic (exact) mass is 354 g/mol. The summed E-state index contributed by atoms with van der Waals surface area (Å²) in [5, 5.41) is 3.01. The van der Waals surface area contributed by atoms with Crippen LogP contribution in [-0.4, -0.2) is 31.7 Å². The van der Waals surface area contributed by atoms with Gasteiger partial charge >= 0.3 is 0 Å². The molecule has 0 aliphatic heterocycles. The highest BCUT2D eigenvalue weighted by atomic mass is 35.5. The van der Waals surface area contributed by atoms with Crippen LogP contribution >= 0.6 is 12.4 Å². The van der Waals surface area contributed by atoms with Crippen LogP contribution in [0.5, 0.6) is 11.5 Å². The van der Waals surface area contributed by atoms with E-state index in [0.29, 0.717) is 11.5 Å². The minimum absolute atomic E-state index is 0. The van der Waals surface area contributed by atoms with Crippen LogP contribution in [0.2, 0.25) is 0 Å². The van der Waals surface area contributed by atoms with E-state index in [4.69, 9.17) is 15.2 Å². The van der Waals surface area contributed by atoms with Gasteiger partial charge in [-0.3, -0.25) is 4.79 Å². The van der Waals surface area contributed by atoms with Gasteiger partial charge in [0.1, 0.15) is 0 Å². The maximum atomic E-state index is 12.0. The standard InChI is InChI=1S/C18H26N2O3.ClH/c1-3-4-13-5-10-16(17(11-13)22-2)23-12-18(21)20-15-8-6-14(19)7-9-15;/h3,5,10-11,14-15H,1,4,6-9,12,19H2,2H3,(H,20,21);1H. The van der Waals surface area contributed by atoms with Gasteiger partial charge in [0.25, 0.3) is 5.91 Å². The molecule has 0 bridgehead atoms. The van der Waals surface area contributed by atoms with Gasteiger partial charge in [0.05, 0.1) is 7.11 Å². The number of hydrogen-bond donors (Lipinski definition) is 2. The molecule has 0 saturated heterocycles. The molecule has 3 N–H and O–H groups in total. The summed E-state index contributed by atoms with van der Waals surface area (Å²) in [4.78, 5) is 12.0. The topological polar surface area (TPSA) is 73.6 Å². The number of nitrogens with two attached hydrogens (primary N) is 1. The summed E-state index contributed by atoms with van der Waals surface area (Å²) >= 11 is 0. The lowest BCUT2D eigenvalue weighted by Gasteiger charge is -2.26. The van der Waals surface area contributed by atoms with E-state index in [-0.39, 0.29) is 37.0 Å². The molecular formula is C18H27ClN2O3. The predicted molar refractivity (Wildman–Crippen MR) is 98.0 cm³/mol. The van der Waals surface area contributed by atoms with E-state index in [9.17, 15) is 4.79 Å². The van der Waals surface area contributed by atoms with Crippen LogP contribution in [0.15, 0.2) is 30.9 Å². The molecule has 134 valence electrons. The first-order chi connectivity index (χ1) is 11.1. The number of benzene rings is 1. The van der Waals surface area contributed by atoms with Crippen molar-refractivity contribution in [2.24, 2.45) is 5.73 Å². The lowest BCUT2D eigenvalue weighted by Crippen LogP contribution is -2.42. The van der Waals surface area contributed by atoms with E-state index in [2.05, 4.69) is 11.9 Å². The van der Waals surface area contributed by atoms with E-state index < -0.39 is 0 Å². The van der Waals surface area contributed by atoms with Crippen molar-refractivity contribution < 1.29 is 14.3 Å². The van der Waals surface area contributed by atoms with Crippen LogP contribution in [0.4, 0.5) is 0 Å². The lowest BCUT2D eigenvalue weighted by molar-refractivity contribution is -0.124. The zero-order valence-corrected chi connectivity index (χ0v) is 14.9. The van der Waals surface area contributed by atoms with Crippen molar-refractivity contribution in [2.75, 3.05) is 13.7 Å². The highest BCUT2D eigenvalue weighted by Crippen LogP contribution is 2.28. The average Bonchev–Trinajstić information content (AvgIpc) is 2.56. The van der Waals surface area contributed by atoms with Crippen molar-refractivity contribution in [3.8, 4) is 11.5 Å². The van der Waals surface area contributed by atoms with Gasteiger partial charge in [-0.2, -0.15) is 0 Å². The van der Waals surface area contributed by atoms with E-state index in [0.717, 1.165) is 37.7 Å². The summed E-state index contributed by atoms with van der Waals surface area (Å²) in [5.41, 5.74) is 6.96. The molecule has 1 aromatic rings. The maximum absolute atomic E-state index is 12.0. The van der Waals surface area contributed by atoms with Crippen molar-refractivity contribution >= 4 is 18.3 Å². The molecule has 1 aliphatic carbocycles. The molecule has 1 aliphatic rings. The summed E-state index contributed by atoms with van der Waals surface area (Å²) in [5.74, 6) is 1.09. The lowest BCUT2D eigenvalue weighted by atomic mass is 9.92. The molecule has 5 nitrogen and oxygen atoms in total. The number of amides is 1. The Morgan fingerprint density at radius 1 is 1.33 bits per heavy atom. The molecule has 0 aromatic heterocycles. The van der Waals surface area contributed by atoms with E-state index in [1.54, 1.807) is 7.11 Å². The third-order valence-electron chi connectivity index (χ3n) is 4.10. The van der Waals surface area contributed by atoms with Gasteiger partial charge in [0, 0.05) is 12.1 Å². The van der Waals surface area contributed by atoms with Crippen LogP contribution in [0.25, 0.3) is 0 Å². The van der Waals surface area contributed by atoms with Gasteiger partial charge in [0.2, 0.25) is 0 Å². The van der Waals surface area contributed by atoms with Crippen LogP contribution in [0, 0.1) is 0 Å². The molecule has 0 unspecified atom stereocenters. The van der Waals surface area contributed by atoms with Crippen molar-refractivity contribution in [1.82, 2.24) is 5.32 Å². The summed E-state index contributed by atoms with van der Waals surface area (Å²) in [6.45, 7) is 3.71. The number of allylic oxidation sites excluding steroid dienone is 1. The smallest absolute Gasteiger partial charge is 0.258 e. The molecule has 2 rings (SSSR count). The van der Waals surface area contributed by atoms with Gasteiger partial charge in [-0.15, -0.1) is 19.0 Å². The van der Waals surface area contributed by atoms with Gasteiger partial charge in [-0.25, -0.2) is 0 Å². The normalized spacial score (nSPS) is 19.8. The van der Waals surface area contributed by atoms with Crippen molar-refractivity contribution in [1.29, 1.82) is 0 Å². The van der Waals surface area contributed by atoms with E-state index in [1.165, 1.54) is 0 Å². The fourth-order valence-corrected chi connectivity index (χ4v) is 2.80. The molecule has 0 spiro atoms. The molecule has 6 heteroatoms. The number of nitrogens with one attached hydrogen (secondary N) is 1. The van der Waals surface area contributed by atoms with Crippen molar-refractivity contribution in [3.05, 3.63) is 36.4 Å². The molecule has 0 atom stereocenters. The molecule has 1 amide bonds. The minimum Gasteiger partial charge on any atom is -0.493 e. The second-order valence-corrected chi connectivity index (χ2v) is 5.95. The van der Waals surface area contributed by atoms with Crippen molar-refractivity contribution in [2.45, 2.75) is 44.2 Å².